The number of nitrogens with one attached hydrogen (secondary N) is 1. The number of amides is 1. The van der Waals surface area contributed by atoms with Crippen molar-refractivity contribution in [1.82, 2.24) is 4.98 Å². The first kappa shape index (κ1) is 13.8. The average molecular weight is 268 g/mol. The number of aromatic nitrogens is 1. The SMILES string of the molecule is COc1ccc(C=CC(=O)Nc2ccc(C)cn2)cc1. The number of ether oxygens (including phenoxy) is 1. The number of carbonyl (C=O) groups excluding carboxylic acids is 1. The van der Waals surface area contributed by atoms with E-state index in [1.165, 1.54) is 6.08 Å². The monoisotopic (exact) mass is 268 g/mol. The third-order valence-corrected chi connectivity index (χ3v) is 2.71. The number of carbonyl (C=O) groups is 1. The van der Waals surface area contributed by atoms with Gasteiger partial charge in [0, 0.05) is 12.3 Å². The molecule has 1 aromatic carbocycles. The van der Waals surface area contributed by atoms with Crippen LogP contribution in [0.4, 0.5) is 5.82 Å². The summed E-state index contributed by atoms with van der Waals surface area (Å²) in [6, 6.07) is 11.1. The van der Waals surface area contributed by atoms with E-state index < -0.39 is 0 Å². The van der Waals surface area contributed by atoms with E-state index in [1.54, 1.807) is 25.4 Å². The molecule has 0 aliphatic rings. The zero-order valence-corrected chi connectivity index (χ0v) is 11.5. The molecule has 1 amide bonds. The van der Waals surface area contributed by atoms with Gasteiger partial charge in [-0.2, -0.15) is 0 Å². The van der Waals surface area contributed by atoms with E-state index in [0.717, 1.165) is 16.9 Å². The van der Waals surface area contributed by atoms with E-state index in [9.17, 15) is 4.79 Å². The average Bonchev–Trinajstić information content (AvgIpc) is 2.48. The second kappa shape index (κ2) is 6.52. The van der Waals surface area contributed by atoms with Crippen LogP contribution in [0, 0.1) is 6.92 Å². The smallest absolute Gasteiger partial charge is 0.249 e. The van der Waals surface area contributed by atoms with Gasteiger partial charge in [0.25, 0.3) is 0 Å². The van der Waals surface area contributed by atoms with Crippen LogP contribution in [0.15, 0.2) is 48.7 Å². The van der Waals surface area contributed by atoms with Gasteiger partial charge in [0.15, 0.2) is 0 Å². The van der Waals surface area contributed by atoms with Crippen molar-refractivity contribution in [3.63, 3.8) is 0 Å². The Morgan fingerprint density at radius 1 is 1.20 bits per heavy atom. The van der Waals surface area contributed by atoms with E-state index in [4.69, 9.17) is 4.74 Å². The van der Waals surface area contributed by atoms with Gasteiger partial charge in [0.2, 0.25) is 5.91 Å². The fourth-order valence-corrected chi connectivity index (χ4v) is 1.60. The van der Waals surface area contributed by atoms with Crippen molar-refractivity contribution in [3.05, 3.63) is 59.8 Å². The molecule has 0 saturated heterocycles. The van der Waals surface area contributed by atoms with Crippen molar-refractivity contribution >= 4 is 17.8 Å². The van der Waals surface area contributed by atoms with Crippen LogP contribution in [0.2, 0.25) is 0 Å². The lowest BCUT2D eigenvalue weighted by Crippen LogP contribution is -2.08. The molecule has 1 aromatic heterocycles. The van der Waals surface area contributed by atoms with Gasteiger partial charge < -0.3 is 10.1 Å². The molecule has 4 heteroatoms. The molecule has 0 fully saturated rings. The van der Waals surface area contributed by atoms with Gasteiger partial charge in [0.1, 0.15) is 11.6 Å². The first-order chi connectivity index (χ1) is 9.67. The van der Waals surface area contributed by atoms with Gasteiger partial charge >= 0.3 is 0 Å². The number of benzene rings is 1. The summed E-state index contributed by atoms with van der Waals surface area (Å²) < 4.78 is 5.07. The molecule has 0 aliphatic carbocycles. The Hall–Kier alpha value is -2.62. The maximum atomic E-state index is 11.7. The van der Waals surface area contributed by atoms with Crippen molar-refractivity contribution in [2.24, 2.45) is 0 Å². The zero-order chi connectivity index (χ0) is 14.4. The third-order valence-electron chi connectivity index (χ3n) is 2.71. The van der Waals surface area contributed by atoms with E-state index in [2.05, 4.69) is 10.3 Å². The number of nitrogens with zero attached hydrogens (tertiary/aromatic N) is 1. The van der Waals surface area contributed by atoms with Crippen LogP contribution in [-0.2, 0) is 4.79 Å². The van der Waals surface area contributed by atoms with Crippen molar-refractivity contribution in [2.75, 3.05) is 12.4 Å². The topological polar surface area (TPSA) is 51.2 Å². The molecule has 2 aromatic rings. The Balaban J connectivity index is 1.96. The predicted molar refractivity (Wildman–Crippen MR) is 79.6 cm³/mol. The van der Waals surface area contributed by atoms with E-state index in [1.807, 2.05) is 37.3 Å². The molecule has 0 saturated carbocycles. The zero-order valence-electron chi connectivity index (χ0n) is 11.5. The fraction of sp³-hybridized carbons (Fsp3) is 0.125. The second-order valence-electron chi connectivity index (χ2n) is 4.32. The molecule has 20 heavy (non-hydrogen) atoms. The van der Waals surface area contributed by atoms with E-state index in [-0.39, 0.29) is 5.91 Å². The number of rotatable bonds is 4. The summed E-state index contributed by atoms with van der Waals surface area (Å²) >= 11 is 0. The quantitative estimate of drug-likeness (QED) is 0.867. The minimum atomic E-state index is -0.211. The molecule has 0 bridgehead atoms. The molecule has 4 nitrogen and oxygen atoms in total. The van der Waals surface area contributed by atoms with Crippen molar-refractivity contribution < 1.29 is 9.53 Å². The lowest BCUT2D eigenvalue weighted by atomic mass is 10.2. The third kappa shape index (κ3) is 3.95. The summed E-state index contributed by atoms with van der Waals surface area (Å²) in [5, 5.41) is 2.70. The van der Waals surface area contributed by atoms with Crippen LogP contribution >= 0.6 is 0 Å². The Morgan fingerprint density at radius 3 is 2.55 bits per heavy atom. The van der Waals surface area contributed by atoms with Gasteiger partial charge in [-0.3, -0.25) is 4.79 Å². The van der Waals surface area contributed by atoms with E-state index >= 15 is 0 Å². The summed E-state index contributed by atoms with van der Waals surface area (Å²) in [5.74, 6) is 1.12. The number of anilines is 1. The second-order valence-corrected chi connectivity index (χ2v) is 4.32. The summed E-state index contributed by atoms with van der Waals surface area (Å²) in [5.41, 5.74) is 1.98. The summed E-state index contributed by atoms with van der Waals surface area (Å²) in [4.78, 5) is 15.8. The van der Waals surface area contributed by atoms with Crippen LogP contribution in [0.5, 0.6) is 5.75 Å². The van der Waals surface area contributed by atoms with Gasteiger partial charge in [-0.1, -0.05) is 18.2 Å². The molecule has 0 radical (unpaired) electrons. The maximum Gasteiger partial charge on any atom is 0.249 e. The molecule has 2 rings (SSSR count). The molecular weight excluding hydrogens is 252 g/mol. The maximum absolute atomic E-state index is 11.7. The van der Waals surface area contributed by atoms with Crippen LogP contribution in [0.1, 0.15) is 11.1 Å². The predicted octanol–water partition coefficient (Wildman–Crippen LogP) is 3.05. The Morgan fingerprint density at radius 2 is 1.95 bits per heavy atom. The Bertz CT molecular complexity index is 601. The normalized spacial score (nSPS) is 10.5. The first-order valence-electron chi connectivity index (χ1n) is 6.23. The van der Waals surface area contributed by atoms with Gasteiger partial charge in [0.05, 0.1) is 7.11 Å². The van der Waals surface area contributed by atoms with Gasteiger partial charge in [-0.25, -0.2) is 4.98 Å². The highest BCUT2D eigenvalue weighted by Gasteiger charge is 1.98. The van der Waals surface area contributed by atoms with Crippen LogP contribution in [0.3, 0.4) is 0 Å². The van der Waals surface area contributed by atoms with Crippen molar-refractivity contribution in [3.8, 4) is 5.75 Å². The lowest BCUT2D eigenvalue weighted by molar-refractivity contribution is -0.111. The van der Waals surface area contributed by atoms with Gasteiger partial charge in [-0.15, -0.1) is 0 Å². The Kier molecular flexibility index (Phi) is 4.50. The molecular formula is C16H16N2O2. The molecule has 0 atom stereocenters. The van der Waals surface area contributed by atoms with Crippen LogP contribution in [-0.4, -0.2) is 18.0 Å². The minimum absolute atomic E-state index is 0.211. The summed E-state index contributed by atoms with van der Waals surface area (Å²) in [7, 11) is 1.62. The molecule has 1 N–H and O–H groups in total. The summed E-state index contributed by atoms with van der Waals surface area (Å²) in [6.07, 6.45) is 4.93. The molecule has 0 aliphatic heterocycles. The highest BCUT2D eigenvalue weighted by Crippen LogP contribution is 2.12. The molecule has 1 heterocycles. The van der Waals surface area contributed by atoms with Crippen LogP contribution < -0.4 is 10.1 Å². The molecule has 102 valence electrons. The standard InChI is InChI=1S/C16H16N2O2/c1-12-3-9-15(17-11-12)18-16(19)10-6-13-4-7-14(20-2)8-5-13/h3-11H,1-2H3,(H,17,18,19). The Labute approximate surface area is 118 Å². The largest absolute Gasteiger partial charge is 0.497 e. The minimum Gasteiger partial charge on any atom is -0.497 e. The fourth-order valence-electron chi connectivity index (χ4n) is 1.60. The lowest BCUT2D eigenvalue weighted by Gasteiger charge is -2.01. The number of hydrogen-bond donors (Lipinski definition) is 1. The number of hydrogen-bond acceptors (Lipinski definition) is 3. The van der Waals surface area contributed by atoms with Crippen LogP contribution in [0.25, 0.3) is 6.08 Å². The molecule has 0 spiro atoms. The van der Waals surface area contributed by atoms with Crippen molar-refractivity contribution in [1.29, 1.82) is 0 Å². The number of aryl methyl sites for hydroxylation is 1. The number of methoxy groups -OCH3 is 1. The number of pyridine rings is 1. The first-order valence-corrected chi connectivity index (χ1v) is 6.23. The summed E-state index contributed by atoms with van der Waals surface area (Å²) in [6.45, 7) is 1.95. The molecule has 0 unspecified atom stereocenters. The highest BCUT2D eigenvalue weighted by molar-refractivity contribution is 6.01. The highest BCUT2D eigenvalue weighted by atomic mass is 16.5. The van der Waals surface area contributed by atoms with E-state index in [0.29, 0.717) is 5.82 Å². The van der Waals surface area contributed by atoms with Gasteiger partial charge in [-0.05, 0) is 42.3 Å². The van der Waals surface area contributed by atoms with Crippen molar-refractivity contribution in [2.45, 2.75) is 6.92 Å².